The largest absolute Gasteiger partial charge is 0.472 e. The Morgan fingerprint density at radius 2 is 2.32 bits per heavy atom. The summed E-state index contributed by atoms with van der Waals surface area (Å²) in [6.07, 6.45) is 4.27. The van der Waals surface area contributed by atoms with Gasteiger partial charge in [-0.3, -0.25) is 4.79 Å². The van der Waals surface area contributed by atoms with Gasteiger partial charge in [-0.05, 0) is 6.07 Å². The molecule has 8 nitrogen and oxygen atoms in total. The van der Waals surface area contributed by atoms with E-state index in [1.54, 1.807) is 23.1 Å². The van der Waals surface area contributed by atoms with Crippen LogP contribution < -0.4 is 10.1 Å². The number of pyridine rings is 2. The molecule has 1 aliphatic heterocycles. The van der Waals surface area contributed by atoms with E-state index >= 15 is 0 Å². The first-order valence-corrected chi connectivity index (χ1v) is 8.02. The topological polar surface area (TPSA) is 91.2 Å². The van der Waals surface area contributed by atoms with Gasteiger partial charge in [0.15, 0.2) is 5.82 Å². The van der Waals surface area contributed by atoms with E-state index in [1.165, 1.54) is 6.92 Å². The van der Waals surface area contributed by atoms with Crippen LogP contribution in [0.2, 0.25) is 0 Å². The average molecular weight is 339 g/mol. The highest BCUT2D eigenvalue weighted by Gasteiger charge is 2.18. The molecule has 1 unspecified atom stereocenters. The van der Waals surface area contributed by atoms with Gasteiger partial charge in [-0.25, -0.2) is 9.67 Å². The predicted octanol–water partition coefficient (Wildman–Crippen LogP) is 1.94. The Hall–Kier alpha value is -3.00. The zero-order valence-corrected chi connectivity index (χ0v) is 13.7. The standard InChI is InChI=1S/C17H17N5O3/c1-11(23)20-15-7-14-12(8-18-15)9-19-22(14)16-3-2-4-17(21-16)25-13-5-6-24-10-13/h2-4,7-9,13H,5-6,10H2,1H3,(H,18,20,23). The van der Waals surface area contributed by atoms with E-state index in [4.69, 9.17) is 9.47 Å². The van der Waals surface area contributed by atoms with Gasteiger partial charge in [0.2, 0.25) is 11.8 Å². The fourth-order valence-electron chi connectivity index (χ4n) is 2.72. The van der Waals surface area contributed by atoms with E-state index in [9.17, 15) is 4.79 Å². The molecule has 1 fully saturated rings. The first-order chi connectivity index (χ1) is 12.2. The second-order valence-corrected chi connectivity index (χ2v) is 5.80. The molecule has 1 saturated heterocycles. The Balaban J connectivity index is 1.67. The van der Waals surface area contributed by atoms with Crippen LogP contribution in [0.15, 0.2) is 36.7 Å². The van der Waals surface area contributed by atoms with Gasteiger partial charge in [-0.15, -0.1) is 0 Å². The molecule has 0 bridgehead atoms. The number of hydrogen-bond donors (Lipinski definition) is 1. The van der Waals surface area contributed by atoms with Crippen LogP contribution in [0.1, 0.15) is 13.3 Å². The third-order valence-electron chi connectivity index (χ3n) is 3.86. The molecular formula is C17H17N5O3. The fourth-order valence-corrected chi connectivity index (χ4v) is 2.72. The lowest BCUT2D eigenvalue weighted by Crippen LogP contribution is -2.16. The van der Waals surface area contributed by atoms with Crippen molar-refractivity contribution in [2.24, 2.45) is 0 Å². The molecule has 1 atom stereocenters. The minimum absolute atomic E-state index is 0.0349. The maximum Gasteiger partial charge on any atom is 0.222 e. The Bertz CT molecular complexity index is 918. The maximum atomic E-state index is 11.2. The molecule has 8 heteroatoms. The molecule has 4 rings (SSSR count). The molecule has 0 aliphatic carbocycles. The van der Waals surface area contributed by atoms with E-state index in [-0.39, 0.29) is 12.0 Å². The second-order valence-electron chi connectivity index (χ2n) is 5.80. The van der Waals surface area contributed by atoms with Crippen molar-refractivity contribution in [1.29, 1.82) is 0 Å². The first kappa shape index (κ1) is 15.5. The van der Waals surface area contributed by atoms with E-state index in [0.717, 1.165) is 17.3 Å². The number of carbonyl (C=O) groups excluding carboxylic acids is 1. The molecule has 3 aromatic heterocycles. The third-order valence-corrected chi connectivity index (χ3v) is 3.86. The first-order valence-electron chi connectivity index (χ1n) is 8.02. The highest BCUT2D eigenvalue weighted by atomic mass is 16.5. The van der Waals surface area contributed by atoms with Crippen molar-refractivity contribution in [3.63, 3.8) is 0 Å². The van der Waals surface area contributed by atoms with Gasteiger partial charge in [-0.1, -0.05) is 6.07 Å². The summed E-state index contributed by atoms with van der Waals surface area (Å²) in [5.41, 5.74) is 0.799. The summed E-state index contributed by atoms with van der Waals surface area (Å²) in [4.78, 5) is 20.0. The third kappa shape index (κ3) is 3.29. The summed E-state index contributed by atoms with van der Waals surface area (Å²) >= 11 is 0. The molecule has 0 aromatic carbocycles. The summed E-state index contributed by atoms with van der Waals surface area (Å²) in [5.74, 6) is 1.46. The molecule has 128 valence electrons. The van der Waals surface area contributed by atoms with Crippen LogP contribution in [0.4, 0.5) is 5.82 Å². The number of rotatable bonds is 4. The zero-order valence-electron chi connectivity index (χ0n) is 13.7. The summed E-state index contributed by atoms with van der Waals surface area (Å²) in [7, 11) is 0. The van der Waals surface area contributed by atoms with Gasteiger partial charge in [0, 0.05) is 37.1 Å². The lowest BCUT2D eigenvalue weighted by molar-refractivity contribution is -0.114. The van der Waals surface area contributed by atoms with Crippen molar-refractivity contribution in [3.8, 4) is 11.7 Å². The van der Waals surface area contributed by atoms with Gasteiger partial charge >= 0.3 is 0 Å². The van der Waals surface area contributed by atoms with E-state index in [1.807, 2.05) is 18.2 Å². The molecule has 0 radical (unpaired) electrons. The molecule has 4 heterocycles. The highest BCUT2D eigenvalue weighted by Crippen LogP contribution is 2.21. The molecule has 1 aliphatic rings. The number of ether oxygens (including phenoxy) is 2. The summed E-state index contributed by atoms with van der Waals surface area (Å²) in [6.45, 7) is 2.74. The van der Waals surface area contributed by atoms with Gasteiger partial charge < -0.3 is 14.8 Å². The lowest BCUT2D eigenvalue weighted by atomic mass is 10.3. The summed E-state index contributed by atoms with van der Waals surface area (Å²) in [5, 5.41) is 7.91. The van der Waals surface area contributed by atoms with E-state index in [0.29, 0.717) is 30.7 Å². The normalized spacial score (nSPS) is 16.9. The summed E-state index contributed by atoms with van der Waals surface area (Å²) < 4.78 is 12.9. The smallest absolute Gasteiger partial charge is 0.222 e. The quantitative estimate of drug-likeness (QED) is 0.781. The van der Waals surface area contributed by atoms with Crippen molar-refractivity contribution >= 4 is 22.6 Å². The Labute approximate surface area is 143 Å². The molecule has 0 saturated carbocycles. The minimum Gasteiger partial charge on any atom is -0.472 e. The van der Waals surface area contributed by atoms with Crippen molar-refractivity contribution in [2.75, 3.05) is 18.5 Å². The second kappa shape index (κ2) is 6.48. The van der Waals surface area contributed by atoms with Crippen LogP contribution in [0.5, 0.6) is 5.88 Å². The Morgan fingerprint density at radius 3 is 3.12 bits per heavy atom. The molecule has 0 spiro atoms. The van der Waals surface area contributed by atoms with Gasteiger partial charge in [0.1, 0.15) is 11.9 Å². The van der Waals surface area contributed by atoms with Crippen molar-refractivity contribution in [1.82, 2.24) is 19.7 Å². The molecule has 1 N–H and O–H groups in total. The van der Waals surface area contributed by atoms with Crippen molar-refractivity contribution < 1.29 is 14.3 Å². The average Bonchev–Trinajstić information content (AvgIpc) is 3.24. The number of anilines is 1. The number of carbonyl (C=O) groups is 1. The van der Waals surface area contributed by atoms with E-state index in [2.05, 4.69) is 20.4 Å². The molecule has 1 amide bonds. The predicted molar refractivity (Wildman–Crippen MR) is 90.8 cm³/mol. The minimum atomic E-state index is -0.176. The van der Waals surface area contributed by atoms with Gasteiger partial charge in [0.25, 0.3) is 0 Å². The SMILES string of the molecule is CC(=O)Nc1cc2c(cn1)cnn2-c1cccc(OC2CCOC2)n1. The van der Waals surface area contributed by atoms with Crippen LogP contribution in [0.3, 0.4) is 0 Å². The molecule has 3 aromatic rings. The van der Waals surface area contributed by atoms with Crippen LogP contribution in [0, 0.1) is 0 Å². The van der Waals surface area contributed by atoms with Crippen LogP contribution in [-0.4, -0.2) is 45.0 Å². The van der Waals surface area contributed by atoms with Gasteiger partial charge in [-0.2, -0.15) is 10.1 Å². The number of amides is 1. The number of aromatic nitrogens is 4. The fraction of sp³-hybridized carbons (Fsp3) is 0.294. The van der Waals surface area contributed by atoms with Gasteiger partial charge in [0.05, 0.1) is 24.9 Å². The molecular weight excluding hydrogens is 322 g/mol. The number of fused-ring (bicyclic) bond motifs is 1. The lowest BCUT2D eigenvalue weighted by Gasteiger charge is -2.12. The van der Waals surface area contributed by atoms with Crippen LogP contribution in [-0.2, 0) is 9.53 Å². The molecule has 25 heavy (non-hydrogen) atoms. The number of nitrogens with one attached hydrogen (secondary N) is 1. The summed E-state index contributed by atoms with van der Waals surface area (Å²) in [6, 6.07) is 7.31. The highest BCUT2D eigenvalue weighted by molar-refractivity contribution is 5.90. The van der Waals surface area contributed by atoms with Crippen LogP contribution >= 0.6 is 0 Å². The monoisotopic (exact) mass is 339 g/mol. The number of hydrogen-bond acceptors (Lipinski definition) is 6. The van der Waals surface area contributed by atoms with Crippen molar-refractivity contribution in [3.05, 3.63) is 36.7 Å². The van der Waals surface area contributed by atoms with Crippen LogP contribution in [0.25, 0.3) is 16.7 Å². The Kier molecular flexibility index (Phi) is 4.02. The maximum absolute atomic E-state index is 11.2. The van der Waals surface area contributed by atoms with Crippen molar-refractivity contribution in [2.45, 2.75) is 19.4 Å². The van der Waals surface area contributed by atoms with E-state index < -0.39 is 0 Å². The number of nitrogens with zero attached hydrogens (tertiary/aromatic N) is 4. The Morgan fingerprint density at radius 1 is 1.40 bits per heavy atom. The zero-order chi connectivity index (χ0) is 17.2.